The van der Waals surface area contributed by atoms with Crippen molar-refractivity contribution in [2.45, 2.75) is 26.8 Å². The van der Waals surface area contributed by atoms with Crippen LogP contribution in [0.15, 0.2) is 42.5 Å². The molecular formula is C17H18FNO. The molecule has 0 saturated heterocycles. The minimum absolute atomic E-state index is 0.112. The summed E-state index contributed by atoms with van der Waals surface area (Å²) < 4.78 is 12.9. The van der Waals surface area contributed by atoms with E-state index in [1.54, 1.807) is 12.1 Å². The molecule has 3 heteroatoms. The summed E-state index contributed by atoms with van der Waals surface area (Å²) in [5, 5.41) is 2.93. The van der Waals surface area contributed by atoms with Gasteiger partial charge in [-0.2, -0.15) is 0 Å². The molecule has 0 aliphatic rings. The topological polar surface area (TPSA) is 29.1 Å². The van der Waals surface area contributed by atoms with Gasteiger partial charge in [0.15, 0.2) is 0 Å². The van der Waals surface area contributed by atoms with Crippen molar-refractivity contribution in [2.24, 2.45) is 0 Å². The van der Waals surface area contributed by atoms with Gasteiger partial charge in [-0.25, -0.2) is 4.39 Å². The molecule has 0 fully saturated rings. The summed E-state index contributed by atoms with van der Waals surface area (Å²) in [4.78, 5) is 12.2. The molecule has 0 radical (unpaired) electrons. The zero-order valence-electron chi connectivity index (χ0n) is 11.9. The molecule has 0 unspecified atom stereocenters. The van der Waals surface area contributed by atoms with Crippen LogP contribution in [-0.4, -0.2) is 5.91 Å². The fourth-order valence-electron chi connectivity index (χ4n) is 2.18. The number of hydrogen-bond acceptors (Lipinski definition) is 1. The highest BCUT2D eigenvalue weighted by atomic mass is 19.1. The van der Waals surface area contributed by atoms with Gasteiger partial charge in [-0.3, -0.25) is 4.79 Å². The molecule has 0 heterocycles. The molecule has 0 aliphatic heterocycles. The minimum atomic E-state index is -0.276. The second-order valence-electron chi connectivity index (χ2n) is 5.07. The van der Waals surface area contributed by atoms with Gasteiger partial charge < -0.3 is 5.32 Å². The quantitative estimate of drug-likeness (QED) is 0.900. The van der Waals surface area contributed by atoms with E-state index < -0.39 is 0 Å². The summed E-state index contributed by atoms with van der Waals surface area (Å²) in [6, 6.07) is 11.7. The number of halogens is 1. The minimum Gasteiger partial charge on any atom is -0.346 e. The summed E-state index contributed by atoms with van der Waals surface area (Å²) in [7, 11) is 0. The molecule has 2 aromatic carbocycles. The summed E-state index contributed by atoms with van der Waals surface area (Å²) in [5.74, 6) is -0.388. The molecule has 1 amide bonds. The second-order valence-corrected chi connectivity index (χ2v) is 5.07. The van der Waals surface area contributed by atoms with E-state index >= 15 is 0 Å². The maximum absolute atomic E-state index is 12.9. The first-order valence-electron chi connectivity index (χ1n) is 6.61. The van der Waals surface area contributed by atoms with Gasteiger partial charge in [0.1, 0.15) is 5.82 Å². The van der Waals surface area contributed by atoms with Crippen molar-refractivity contribution < 1.29 is 9.18 Å². The Hall–Kier alpha value is -2.16. The molecule has 0 saturated carbocycles. The Morgan fingerprint density at radius 1 is 1.10 bits per heavy atom. The Kier molecular flexibility index (Phi) is 4.18. The Bertz CT molecular complexity index is 619. The second kappa shape index (κ2) is 5.87. The van der Waals surface area contributed by atoms with E-state index in [0.717, 1.165) is 16.7 Å². The molecule has 1 N–H and O–H groups in total. The predicted molar refractivity (Wildman–Crippen MR) is 78.2 cm³/mol. The lowest BCUT2D eigenvalue weighted by Crippen LogP contribution is -2.27. The lowest BCUT2D eigenvalue weighted by Gasteiger charge is -2.15. The smallest absolute Gasteiger partial charge is 0.252 e. The fourth-order valence-corrected chi connectivity index (χ4v) is 2.18. The summed E-state index contributed by atoms with van der Waals surface area (Å²) in [6.07, 6.45) is 0. The number of carbonyl (C=O) groups is 1. The van der Waals surface area contributed by atoms with Crippen LogP contribution in [0.2, 0.25) is 0 Å². The molecule has 2 aromatic rings. The van der Waals surface area contributed by atoms with Crippen molar-refractivity contribution in [2.75, 3.05) is 0 Å². The number of hydrogen-bond donors (Lipinski definition) is 1. The first-order valence-corrected chi connectivity index (χ1v) is 6.61. The average Bonchev–Trinajstić information content (AvgIpc) is 2.39. The monoisotopic (exact) mass is 271 g/mol. The van der Waals surface area contributed by atoms with Crippen LogP contribution < -0.4 is 5.32 Å². The zero-order valence-corrected chi connectivity index (χ0v) is 11.9. The molecule has 1 atom stereocenters. The first kappa shape index (κ1) is 14.3. The Balaban J connectivity index is 2.13. The van der Waals surface area contributed by atoms with Gasteiger partial charge in [0.05, 0.1) is 6.04 Å². The Labute approximate surface area is 118 Å². The number of carbonyl (C=O) groups excluding carboxylic acids is 1. The van der Waals surface area contributed by atoms with E-state index in [4.69, 9.17) is 0 Å². The van der Waals surface area contributed by atoms with Crippen LogP contribution in [0.5, 0.6) is 0 Å². The Morgan fingerprint density at radius 3 is 2.35 bits per heavy atom. The van der Waals surface area contributed by atoms with Gasteiger partial charge in [0.2, 0.25) is 0 Å². The predicted octanol–water partition coefficient (Wildman–Crippen LogP) is 3.93. The van der Waals surface area contributed by atoms with Crippen molar-refractivity contribution in [3.05, 3.63) is 70.5 Å². The number of nitrogens with one attached hydrogen (secondary N) is 1. The third-order valence-corrected chi connectivity index (χ3v) is 3.34. The fraction of sp³-hybridized carbons (Fsp3) is 0.235. The highest BCUT2D eigenvalue weighted by molar-refractivity contribution is 5.95. The molecule has 0 bridgehead atoms. The van der Waals surface area contributed by atoms with Gasteiger partial charge in [0, 0.05) is 5.56 Å². The van der Waals surface area contributed by atoms with E-state index in [9.17, 15) is 9.18 Å². The van der Waals surface area contributed by atoms with Crippen molar-refractivity contribution in [3.63, 3.8) is 0 Å². The van der Waals surface area contributed by atoms with Gasteiger partial charge in [0.25, 0.3) is 5.91 Å². The van der Waals surface area contributed by atoms with Gasteiger partial charge in [-0.05, 0) is 50.1 Å². The van der Waals surface area contributed by atoms with E-state index in [2.05, 4.69) is 5.32 Å². The van der Waals surface area contributed by atoms with Crippen molar-refractivity contribution in [1.29, 1.82) is 0 Å². The normalized spacial score (nSPS) is 12.0. The largest absolute Gasteiger partial charge is 0.346 e. The van der Waals surface area contributed by atoms with Crippen molar-refractivity contribution in [3.8, 4) is 0 Å². The van der Waals surface area contributed by atoms with Crippen LogP contribution in [0.1, 0.15) is 40.0 Å². The highest BCUT2D eigenvalue weighted by Gasteiger charge is 2.13. The molecule has 20 heavy (non-hydrogen) atoms. The van der Waals surface area contributed by atoms with Crippen LogP contribution in [0.4, 0.5) is 4.39 Å². The van der Waals surface area contributed by atoms with Crippen LogP contribution in [0, 0.1) is 19.7 Å². The number of amides is 1. The van der Waals surface area contributed by atoms with E-state index in [-0.39, 0.29) is 17.8 Å². The van der Waals surface area contributed by atoms with Crippen LogP contribution in [0.25, 0.3) is 0 Å². The maximum Gasteiger partial charge on any atom is 0.252 e. The standard InChI is InChI=1S/C17H18FNO/c1-11-4-9-16(12(2)10-11)17(20)19-13(3)14-5-7-15(18)8-6-14/h4-10,13H,1-3H3,(H,19,20)/t13-/m1/s1. The molecule has 0 aliphatic carbocycles. The number of aryl methyl sites for hydroxylation is 2. The highest BCUT2D eigenvalue weighted by Crippen LogP contribution is 2.15. The van der Waals surface area contributed by atoms with Crippen LogP contribution in [0.3, 0.4) is 0 Å². The van der Waals surface area contributed by atoms with E-state index in [1.165, 1.54) is 12.1 Å². The maximum atomic E-state index is 12.9. The number of benzene rings is 2. The van der Waals surface area contributed by atoms with Gasteiger partial charge in [-0.15, -0.1) is 0 Å². The van der Waals surface area contributed by atoms with Crippen LogP contribution in [-0.2, 0) is 0 Å². The molecule has 2 rings (SSSR count). The molecule has 0 aromatic heterocycles. The van der Waals surface area contributed by atoms with Crippen LogP contribution >= 0.6 is 0 Å². The SMILES string of the molecule is Cc1ccc(C(=O)N[C@H](C)c2ccc(F)cc2)c(C)c1. The summed E-state index contributed by atoms with van der Waals surface area (Å²) >= 11 is 0. The van der Waals surface area contributed by atoms with Gasteiger partial charge in [-0.1, -0.05) is 29.8 Å². The third-order valence-electron chi connectivity index (χ3n) is 3.34. The van der Waals surface area contributed by atoms with E-state index in [1.807, 2.05) is 39.0 Å². The first-order chi connectivity index (χ1) is 9.47. The lowest BCUT2D eigenvalue weighted by molar-refractivity contribution is 0.0939. The third kappa shape index (κ3) is 3.23. The van der Waals surface area contributed by atoms with Crippen molar-refractivity contribution in [1.82, 2.24) is 5.32 Å². The number of rotatable bonds is 3. The zero-order chi connectivity index (χ0) is 14.7. The Morgan fingerprint density at radius 2 is 1.75 bits per heavy atom. The lowest BCUT2D eigenvalue weighted by atomic mass is 10.0. The summed E-state index contributed by atoms with van der Waals surface area (Å²) in [6.45, 7) is 5.80. The van der Waals surface area contributed by atoms with E-state index in [0.29, 0.717) is 5.56 Å². The molecule has 0 spiro atoms. The van der Waals surface area contributed by atoms with Gasteiger partial charge >= 0.3 is 0 Å². The van der Waals surface area contributed by atoms with Crippen molar-refractivity contribution >= 4 is 5.91 Å². The molecule has 104 valence electrons. The average molecular weight is 271 g/mol. The summed E-state index contributed by atoms with van der Waals surface area (Å²) in [5.41, 5.74) is 3.63. The molecule has 2 nitrogen and oxygen atoms in total. The molecular weight excluding hydrogens is 253 g/mol.